The second kappa shape index (κ2) is 6.36. The van der Waals surface area contributed by atoms with E-state index in [9.17, 15) is 14.9 Å². The van der Waals surface area contributed by atoms with Crippen LogP contribution in [0.2, 0.25) is 0 Å². The van der Waals surface area contributed by atoms with Gasteiger partial charge in [-0.2, -0.15) is 0 Å². The van der Waals surface area contributed by atoms with Gasteiger partial charge in [0, 0.05) is 36.8 Å². The highest BCUT2D eigenvalue weighted by Gasteiger charge is 2.22. The lowest BCUT2D eigenvalue weighted by molar-refractivity contribution is -0.384. The van der Waals surface area contributed by atoms with Crippen LogP contribution in [-0.4, -0.2) is 23.4 Å². The summed E-state index contributed by atoms with van der Waals surface area (Å²) in [5.74, 6) is 0.0880. The van der Waals surface area contributed by atoms with Crippen molar-refractivity contribution in [1.29, 1.82) is 0 Å². The van der Waals surface area contributed by atoms with Crippen LogP contribution in [0.25, 0.3) is 0 Å². The summed E-state index contributed by atoms with van der Waals surface area (Å²) in [5.41, 5.74) is 1.78. The first-order chi connectivity index (χ1) is 9.56. The van der Waals surface area contributed by atoms with Gasteiger partial charge >= 0.3 is 0 Å². The number of nitrogens with zero attached hydrogens (tertiary/aromatic N) is 1. The van der Waals surface area contributed by atoms with Gasteiger partial charge in [0.05, 0.1) is 4.92 Å². The quantitative estimate of drug-likeness (QED) is 0.455. The van der Waals surface area contributed by atoms with Crippen molar-refractivity contribution in [2.75, 3.05) is 11.9 Å². The molecule has 0 aliphatic heterocycles. The zero-order valence-corrected chi connectivity index (χ0v) is 11.5. The van der Waals surface area contributed by atoms with Crippen molar-refractivity contribution in [3.05, 3.63) is 33.9 Å². The molecule has 1 aliphatic carbocycles. The van der Waals surface area contributed by atoms with Gasteiger partial charge in [-0.25, -0.2) is 0 Å². The number of nitro groups is 1. The lowest BCUT2D eigenvalue weighted by atomic mass is 10.1. The van der Waals surface area contributed by atoms with E-state index in [4.69, 9.17) is 0 Å². The molecule has 20 heavy (non-hydrogen) atoms. The molecule has 1 fully saturated rings. The molecular formula is C14H19N3O3. The first-order valence-electron chi connectivity index (χ1n) is 6.84. The van der Waals surface area contributed by atoms with Crippen molar-refractivity contribution in [2.45, 2.75) is 38.6 Å². The SMILES string of the molecule is Cc1ccc([N+](=O)[O-])cc1NCCCC(=O)NC1CC1. The maximum atomic E-state index is 11.5. The predicted molar refractivity (Wildman–Crippen MR) is 76.7 cm³/mol. The van der Waals surface area contributed by atoms with E-state index >= 15 is 0 Å². The standard InChI is InChI=1S/C14H19N3O3/c1-10-4-7-12(17(19)20)9-13(10)15-8-2-3-14(18)16-11-5-6-11/h4,7,9,11,15H,2-3,5-6,8H2,1H3,(H,16,18). The second-order valence-electron chi connectivity index (χ2n) is 5.13. The highest BCUT2D eigenvalue weighted by atomic mass is 16.6. The monoisotopic (exact) mass is 277 g/mol. The van der Waals surface area contributed by atoms with Crippen LogP contribution in [0.4, 0.5) is 11.4 Å². The van der Waals surface area contributed by atoms with Crippen LogP contribution in [-0.2, 0) is 4.79 Å². The van der Waals surface area contributed by atoms with Crippen LogP contribution in [0.1, 0.15) is 31.2 Å². The van der Waals surface area contributed by atoms with Crippen LogP contribution < -0.4 is 10.6 Å². The number of carbonyl (C=O) groups excluding carboxylic acids is 1. The molecule has 1 saturated carbocycles. The van der Waals surface area contributed by atoms with E-state index in [0.29, 0.717) is 25.4 Å². The van der Waals surface area contributed by atoms with Crippen molar-refractivity contribution < 1.29 is 9.72 Å². The molecule has 0 radical (unpaired) electrons. The normalized spacial score (nSPS) is 13.8. The van der Waals surface area contributed by atoms with Crippen LogP contribution in [0.15, 0.2) is 18.2 Å². The highest BCUT2D eigenvalue weighted by Crippen LogP contribution is 2.22. The fourth-order valence-electron chi connectivity index (χ4n) is 1.91. The number of amides is 1. The van der Waals surface area contributed by atoms with Crippen LogP contribution in [0.5, 0.6) is 0 Å². The van der Waals surface area contributed by atoms with Gasteiger partial charge < -0.3 is 10.6 Å². The van der Waals surface area contributed by atoms with Crippen LogP contribution in [0.3, 0.4) is 0 Å². The molecule has 1 aromatic carbocycles. The summed E-state index contributed by atoms with van der Waals surface area (Å²) >= 11 is 0. The van der Waals surface area contributed by atoms with Gasteiger partial charge in [0.1, 0.15) is 0 Å². The van der Waals surface area contributed by atoms with Crippen molar-refractivity contribution in [2.24, 2.45) is 0 Å². The molecule has 1 amide bonds. The third kappa shape index (κ3) is 4.22. The van der Waals surface area contributed by atoms with Crippen molar-refractivity contribution in [1.82, 2.24) is 5.32 Å². The number of rotatable bonds is 7. The molecule has 2 rings (SSSR count). The van der Waals surface area contributed by atoms with E-state index in [-0.39, 0.29) is 11.6 Å². The van der Waals surface area contributed by atoms with E-state index in [1.807, 2.05) is 6.92 Å². The molecule has 0 bridgehead atoms. The summed E-state index contributed by atoms with van der Waals surface area (Å²) in [4.78, 5) is 21.8. The number of hydrogen-bond acceptors (Lipinski definition) is 4. The maximum Gasteiger partial charge on any atom is 0.271 e. The molecule has 6 heteroatoms. The average Bonchev–Trinajstić information content (AvgIpc) is 3.20. The number of non-ortho nitro benzene ring substituents is 1. The Bertz CT molecular complexity index is 512. The van der Waals surface area contributed by atoms with Crippen molar-refractivity contribution in [3.8, 4) is 0 Å². The maximum absolute atomic E-state index is 11.5. The molecule has 0 spiro atoms. The second-order valence-corrected chi connectivity index (χ2v) is 5.13. The van der Waals surface area contributed by atoms with Crippen LogP contribution >= 0.6 is 0 Å². The Morgan fingerprint density at radius 2 is 2.20 bits per heavy atom. The Hall–Kier alpha value is -2.11. The van der Waals surface area contributed by atoms with Gasteiger partial charge in [0.15, 0.2) is 0 Å². The number of hydrogen-bond donors (Lipinski definition) is 2. The first-order valence-corrected chi connectivity index (χ1v) is 6.84. The first kappa shape index (κ1) is 14.3. The third-order valence-corrected chi connectivity index (χ3v) is 3.27. The minimum atomic E-state index is -0.409. The molecule has 6 nitrogen and oxygen atoms in total. The molecule has 1 aliphatic rings. The molecule has 0 heterocycles. The minimum absolute atomic E-state index is 0.0737. The Morgan fingerprint density at radius 3 is 2.85 bits per heavy atom. The Balaban J connectivity index is 1.76. The summed E-state index contributed by atoms with van der Waals surface area (Å²) < 4.78 is 0. The number of anilines is 1. The third-order valence-electron chi connectivity index (χ3n) is 3.27. The summed E-state index contributed by atoms with van der Waals surface area (Å²) in [5, 5.41) is 16.8. The molecule has 0 unspecified atom stereocenters. The summed E-state index contributed by atoms with van der Waals surface area (Å²) in [6.45, 7) is 2.52. The molecule has 0 saturated heterocycles. The Kier molecular flexibility index (Phi) is 4.55. The van der Waals surface area contributed by atoms with Gasteiger partial charge in [-0.1, -0.05) is 6.07 Å². The van der Waals surface area contributed by atoms with Gasteiger partial charge in [-0.15, -0.1) is 0 Å². The average molecular weight is 277 g/mol. The largest absolute Gasteiger partial charge is 0.385 e. The molecular weight excluding hydrogens is 258 g/mol. The van der Waals surface area contributed by atoms with Gasteiger partial charge in [-0.05, 0) is 31.7 Å². The number of carbonyl (C=O) groups is 1. The fraction of sp³-hybridized carbons (Fsp3) is 0.500. The molecule has 0 aromatic heterocycles. The van der Waals surface area contributed by atoms with E-state index in [2.05, 4.69) is 10.6 Å². The van der Waals surface area contributed by atoms with E-state index in [0.717, 1.165) is 24.1 Å². The number of nitrogens with one attached hydrogen (secondary N) is 2. The number of aryl methyl sites for hydroxylation is 1. The van der Waals surface area contributed by atoms with Crippen molar-refractivity contribution in [3.63, 3.8) is 0 Å². The number of benzene rings is 1. The van der Waals surface area contributed by atoms with Gasteiger partial charge in [0.2, 0.25) is 5.91 Å². The van der Waals surface area contributed by atoms with Gasteiger partial charge in [-0.3, -0.25) is 14.9 Å². The zero-order valence-electron chi connectivity index (χ0n) is 11.5. The number of nitro benzene ring substituents is 1. The lowest BCUT2D eigenvalue weighted by Crippen LogP contribution is -2.25. The molecule has 0 atom stereocenters. The van der Waals surface area contributed by atoms with Crippen LogP contribution in [0, 0.1) is 17.0 Å². The Labute approximate surface area is 117 Å². The predicted octanol–water partition coefficient (Wildman–Crippen LogP) is 2.37. The smallest absolute Gasteiger partial charge is 0.271 e. The minimum Gasteiger partial charge on any atom is -0.385 e. The molecule has 108 valence electrons. The lowest BCUT2D eigenvalue weighted by Gasteiger charge is -2.09. The van der Waals surface area contributed by atoms with E-state index in [1.54, 1.807) is 6.07 Å². The topological polar surface area (TPSA) is 84.3 Å². The summed E-state index contributed by atoms with van der Waals surface area (Å²) in [6.07, 6.45) is 3.38. The molecule has 2 N–H and O–H groups in total. The fourth-order valence-corrected chi connectivity index (χ4v) is 1.91. The van der Waals surface area contributed by atoms with E-state index in [1.165, 1.54) is 12.1 Å². The summed E-state index contributed by atoms with van der Waals surface area (Å²) in [6, 6.07) is 5.14. The summed E-state index contributed by atoms with van der Waals surface area (Å²) in [7, 11) is 0. The zero-order chi connectivity index (χ0) is 14.5. The van der Waals surface area contributed by atoms with E-state index < -0.39 is 4.92 Å². The molecule has 1 aromatic rings. The van der Waals surface area contributed by atoms with Gasteiger partial charge in [0.25, 0.3) is 5.69 Å². The highest BCUT2D eigenvalue weighted by molar-refractivity contribution is 5.76. The Morgan fingerprint density at radius 1 is 1.45 bits per heavy atom. The van der Waals surface area contributed by atoms with Crippen molar-refractivity contribution >= 4 is 17.3 Å².